The molecule has 1 fully saturated rings. The Kier molecular flexibility index (Phi) is 7.84. The Morgan fingerprint density at radius 3 is 2.67 bits per heavy atom. The molecule has 7 nitrogen and oxygen atoms in total. The van der Waals surface area contributed by atoms with E-state index < -0.39 is 5.82 Å². The Morgan fingerprint density at radius 2 is 1.87 bits per heavy atom. The first-order chi connectivity index (χ1) is 14.5. The average molecular weight is 418 g/mol. The van der Waals surface area contributed by atoms with E-state index in [1.54, 1.807) is 18.2 Å². The number of amides is 1. The SMILES string of the molecule is CC(=O)OCc1ccc(CN2CCCN(C(=O)CCOc3ccccc3F)CC2)o1. The fraction of sp³-hybridized carbons (Fsp3) is 0.455. The maximum absolute atomic E-state index is 13.6. The first-order valence-corrected chi connectivity index (χ1v) is 10.1. The van der Waals surface area contributed by atoms with Gasteiger partial charge < -0.3 is 18.8 Å². The van der Waals surface area contributed by atoms with E-state index in [2.05, 4.69) is 4.90 Å². The number of furan rings is 1. The van der Waals surface area contributed by atoms with E-state index in [9.17, 15) is 14.0 Å². The van der Waals surface area contributed by atoms with Crippen molar-refractivity contribution < 1.29 is 27.9 Å². The van der Waals surface area contributed by atoms with Crippen molar-refractivity contribution in [1.82, 2.24) is 9.80 Å². The van der Waals surface area contributed by atoms with Gasteiger partial charge in [0.1, 0.15) is 18.1 Å². The molecular formula is C22H27FN2O5. The van der Waals surface area contributed by atoms with Crippen LogP contribution in [0.4, 0.5) is 4.39 Å². The minimum atomic E-state index is -0.427. The number of benzene rings is 1. The van der Waals surface area contributed by atoms with Crippen molar-refractivity contribution in [2.45, 2.75) is 32.9 Å². The molecule has 1 amide bonds. The van der Waals surface area contributed by atoms with Gasteiger partial charge in [-0.05, 0) is 30.7 Å². The predicted molar refractivity (Wildman–Crippen MR) is 107 cm³/mol. The lowest BCUT2D eigenvalue weighted by atomic mass is 10.3. The van der Waals surface area contributed by atoms with Crippen LogP contribution in [0, 0.1) is 5.82 Å². The zero-order chi connectivity index (χ0) is 21.3. The van der Waals surface area contributed by atoms with Gasteiger partial charge in [-0.15, -0.1) is 0 Å². The number of hydrogen-bond donors (Lipinski definition) is 0. The van der Waals surface area contributed by atoms with E-state index in [0.29, 0.717) is 25.4 Å². The largest absolute Gasteiger partial charge is 0.490 e. The van der Waals surface area contributed by atoms with Crippen LogP contribution >= 0.6 is 0 Å². The highest BCUT2D eigenvalue weighted by Gasteiger charge is 2.20. The molecule has 2 heterocycles. The van der Waals surface area contributed by atoms with Crippen LogP contribution in [0.1, 0.15) is 31.3 Å². The van der Waals surface area contributed by atoms with Crippen molar-refractivity contribution in [3.8, 4) is 5.75 Å². The number of ether oxygens (including phenoxy) is 2. The summed E-state index contributed by atoms with van der Waals surface area (Å²) in [4.78, 5) is 27.4. The molecule has 0 radical (unpaired) electrons. The van der Waals surface area contributed by atoms with E-state index in [1.807, 2.05) is 17.0 Å². The average Bonchev–Trinajstić information content (AvgIpc) is 3.03. The van der Waals surface area contributed by atoms with Crippen molar-refractivity contribution in [2.24, 2.45) is 0 Å². The topological polar surface area (TPSA) is 72.2 Å². The monoisotopic (exact) mass is 418 g/mol. The summed E-state index contributed by atoms with van der Waals surface area (Å²) in [7, 11) is 0. The van der Waals surface area contributed by atoms with Gasteiger partial charge in [0.15, 0.2) is 11.6 Å². The van der Waals surface area contributed by atoms with Crippen LogP contribution in [0.3, 0.4) is 0 Å². The molecule has 0 N–H and O–H groups in total. The van der Waals surface area contributed by atoms with Gasteiger partial charge in [-0.25, -0.2) is 4.39 Å². The van der Waals surface area contributed by atoms with Gasteiger partial charge >= 0.3 is 5.97 Å². The lowest BCUT2D eigenvalue weighted by Crippen LogP contribution is -2.35. The number of halogens is 1. The molecule has 8 heteroatoms. The first-order valence-electron chi connectivity index (χ1n) is 10.1. The molecule has 30 heavy (non-hydrogen) atoms. The maximum atomic E-state index is 13.6. The van der Waals surface area contributed by atoms with E-state index in [1.165, 1.54) is 13.0 Å². The van der Waals surface area contributed by atoms with Crippen molar-refractivity contribution in [3.05, 3.63) is 53.7 Å². The number of rotatable bonds is 8. The lowest BCUT2D eigenvalue weighted by molar-refractivity contribution is -0.142. The molecule has 0 aliphatic carbocycles. The molecule has 0 spiro atoms. The normalized spacial score (nSPS) is 14.9. The smallest absolute Gasteiger partial charge is 0.303 e. The van der Waals surface area contributed by atoms with Crippen LogP contribution in [-0.4, -0.2) is 54.5 Å². The van der Waals surface area contributed by atoms with Crippen LogP contribution in [0.5, 0.6) is 5.75 Å². The molecule has 0 atom stereocenters. The highest BCUT2D eigenvalue weighted by molar-refractivity contribution is 5.76. The second-order valence-electron chi connectivity index (χ2n) is 7.19. The molecule has 1 aromatic heterocycles. The Bertz CT molecular complexity index is 854. The highest BCUT2D eigenvalue weighted by Crippen LogP contribution is 2.16. The summed E-state index contributed by atoms with van der Waals surface area (Å²) < 4.78 is 29.6. The summed E-state index contributed by atoms with van der Waals surface area (Å²) in [5, 5.41) is 0. The third-order valence-electron chi connectivity index (χ3n) is 4.87. The first kappa shape index (κ1) is 21.8. The van der Waals surface area contributed by atoms with Gasteiger partial charge in [-0.2, -0.15) is 0 Å². The molecule has 1 saturated heterocycles. The summed E-state index contributed by atoms with van der Waals surface area (Å²) in [5.74, 6) is 0.819. The van der Waals surface area contributed by atoms with Crippen LogP contribution < -0.4 is 4.74 Å². The minimum Gasteiger partial charge on any atom is -0.490 e. The summed E-state index contributed by atoms with van der Waals surface area (Å²) in [6.45, 7) is 5.18. The van der Waals surface area contributed by atoms with Crippen LogP contribution in [-0.2, 0) is 27.5 Å². The summed E-state index contributed by atoms with van der Waals surface area (Å²) in [6.07, 6.45) is 1.08. The van der Waals surface area contributed by atoms with E-state index in [0.717, 1.165) is 25.3 Å². The third kappa shape index (κ3) is 6.59. The summed E-state index contributed by atoms with van der Waals surface area (Å²) >= 11 is 0. The fourth-order valence-electron chi connectivity index (χ4n) is 3.32. The molecular weight excluding hydrogens is 391 g/mol. The number of esters is 1. The summed E-state index contributed by atoms with van der Waals surface area (Å²) in [5.41, 5.74) is 0. The van der Waals surface area contributed by atoms with Gasteiger partial charge in [-0.3, -0.25) is 14.5 Å². The molecule has 1 aliphatic rings. The van der Waals surface area contributed by atoms with Crippen molar-refractivity contribution in [1.29, 1.82) is 0 Å². The van der Waals surface area contributed by atoms with E-state index >= 15 is 0 Å². The van der Waals surface area contributed by atoms with Crippen LogP contribution in [0.15, 0.2) is 40.8 Å². The maximum Gasteiger partial charge on any atom is 0.303 e. The summed E-state index contributed by atoms with van der Waals surface area (Å²) in [6, 6.07) is 9.87. The Hall–Kier alpha value is -2.87. The molecule has 0 unspecified atom stereocenters. The molecule has 3 rings (SSSR count). The van der Waals surface area contributed by atoms with Gasteiger partial charge in [-0.1, -0.05) is 12.1 Å². The number of nitrogens with zero attached hydrogens (tertiary/aromatic N) is 2. The Balaban J connectivity index is 1.41. The quantitative estimate of drug-likeness (QED) is 0.614. The second kappa shape index (κ2) is 10.8. The second-order valence-corrected chi connectivity index (χ2v) is 7.19. The Morgan fingerprint density at radius 1 is 1.07 bits per heavy atom. The van der Waals surface area contributed by atoms with Gasteiger partial charge in [0.2, 0.25) is 5.91 Å². The highest BCUT2D eigenvalue weighted by atomic mass is 19.1. The van der Waals surface area contributed by atoms with Crippen molar-refractivity contribution in [2.75, 3.05) is 32.8 Å². The molecule has 162 valence electrons. The number of para-hydroxylation sites is 1. The molecule has 1 aromatic carbocycles. The van der Waals surface area contributed by atoms with Crippen LogP contribution in [0.25, 0.3) is 0 Å². The van der Waals surface area contributed by atoms with Crippen molar-refractivity contribution in [3.63, 3.8) is 0 Å². The molecule has 0 bridgehead atoms. The molecule has 0 saturated carbocycles. The van der Waals surface area contributed by atoms with E-state index in [4.69, 9.17) is 13.9 Å². The Labute approximate surface area is 175 Å². The van der Waals surface area contributed by atoms with Gasteiger partial charge in [0, 0.05) is 33.1 Å². The zero-order valence-corrected chi connectivity index (χ0v) is 17.1. The standard InChI is InChI=1S/C22H27FN2O5/c1-17(26)29-16-19-8-7-18(30-19)15-24-10-4-11-25(13-12-24)22(27)9-14-28-21-6-3-2-5-20(21)23/h2-3,5-8H,4,9-16H2,1H3. The number of carbonyl (C=O) groups is 2. The fourth-order valence-corrected chi connectivity index (χ4v) is 3.32. The zero-order valence-electron chi connectivity index (χ0n) is 17.1. The van der Waals surface area contributed by atoms with Crippen molar-refractivity contribution >= 4 is 11.9 Å². The predicted octanol–water partition coefficient (Wildman–Crippen LogP) is 2.99. The number of carbonyl (C=O) groups excluding carboxylic acids is 2. The minimum absolute atomic E-state index is 0.00913. The third-order valence-corrected chi connectivity index (χ3v) is 4.87. The molecule has 1 aliphatic heterocycles. The van der Waals surface area contributed by atoms with E-state index in [-0.39, 0.29) is 37.3 Å². The molecule has 2 aromatic rings. The van der Waals surface area contributed by atoms with Crippen LogP contribution in [0.2, 0.25) is 0 Å². The number of hydrogen-bond acceptors (Lipinski definition) is 6. The van der Waals surface area contributed by atoms with Gasteiger partial charge in [0.05, 0.1) is 19.6 Å². The van der Waals surface area contributed by atoms with Gasteiger partial charge in [0.25, 0.3) is 0 Å². The lowest BCUT2D eigenvalue weighted by Gasteiger charge is -2.21.